The highest BCUT2D eigenvalue weighted by Gasteiger charge is 2.27. The summed E-state index contributed by atoms with van der Waals surface area (Å²) in [6.07, 6.45) is 2.53. The highest BCUT2D eigenvalue weighted by Crippen LogP contribution is 2.40. The van der Waals surface area contributed by atoms with Crippen LogP contribution in [0.5, 0.6) is 17.2 Å². The van der Waals surface area contributed by atoms with Gasteiger partial charge in [0.25, 0.3) is 0 Å². The number of carbonyl (C=O) groups is 1. The molecule has 0 spiro atoms. The van der Waals surface area contributed by atoms with Crippen LogP contribution in [0.2, 0.25) is 0 Å². The number of likely N-dealkylation sites (N-methyl/N-ethyl adjacent to an activating group) is 1. The quantitative estimate of drug-likeness (QED) is 0.585. The molecular formula is C24H30N2O6S. The number of amides is 1. The van der Waals surface area contributed by atoms with Gasteiger partial charge in [0.1, 0.15) is 17.2 Å². The Bertz CT molecular complexity index is 1120. The van der Waals surface area contributed by atoms with Crippen LogP contribution in [0.3, 0.4) is 0 Å². The third-order valence-corrected chi connectivity index (χ3v) is 7.50. The Kier molecular flexibility index (Phi) is 7.65. The Morgan fingerprint density at radius 2 is 1.64 bits per heavy atom. The molecule has 8 nitrogen and oxygen atoms in total. The van der Waals surface area contributed by atoms with E-state index in [1.165, 1.54) is 7.05 Å². The molecule has 0 radical (unpaired) electrons. The summed E-state index contributed by atoms with van der Waals surface area (Å²) in [6.45, 7) is 2.49. The van der Waals surface area contributed by atoms with E-state index in [4.69, 9.17) is 14.2 Å². The molecular weight excluding hydrogens is 444 g/mol. The van der Waals surface area contributed by atoms with Crippen LogP contribution in [0.1, 0.15) is 17.5 Å². The number of hydrogen-bond acceptors (Lipinski definition) is 6. The van der Waals surface area contributed by atoms with E-state index in [9.17, 15) is 13.2 Å². The molecule has 0 bridgehead atoms. The van der Waals surface area contributed by atoms with E-state index in [-0.39, 0.29) is 17.3 Å². The van der Waals surface area contributed by atoms with Gasteiger partial charge < -0.3 is 19.1 Å². The van der Waals surface area contributed by atoms with Crippen LogP contribution in [0.4, 0.5) is 0 Å². The van der Waals surface area contributed by atoms with Gasteiger partial charge in [0.05, 0.1) is 38.3 Å². The van der Waals surface area contributed by atoms with Crippen molar-refractivity contribution >= 4 is 21.5 Å². The number of aryl methyl sites for hydroxylation is 1. The van der Waals surface area contributed by atoms with Crippen molar-refractivity contribution in [1.29, 1.82) is 0 Å². The highest BCUT2D eigenvalue weighted by atomic mass is 32.2. The summed E-state index contributed by atoms with van der Waals surface area (Å²) in [5, 5.41) is 0. The minimum absolute atomic E-state index is 0.169. The first-order chi connectivity index (χ1) is 15.7. The second kappa shape index (κ2) is 10.3. The van der Waals surface area contributed by atoms with Gasteiger partial charge in [-0.3, -0.25) is 4.79 Å². The molecule has 0 aromatic heterocycles. The molecule has 0 N–H and O–H groups in total. The van der Waals surface area contributed by atoms with E-state index in [0.29, 0.717) is 36.8 Å². The van der Waals surface area contributed by atoms with E-state index in [0.717, 1.165) is 21.0 Å². The van der Waals surface area contributed by atoms with Crippen molar-refractivity contribution in [2.75, 3.05) is 48.0 Å². The summed E-state index contributed by atoms with van der Waals surface area (Å²) >= 11 is 0. The molecule has 1 aliphatic rings. The zero-order valence-corrected chi connectivity index (χ0v) is 20.4. The normalized spacial score (nSPS) is 14.1. The largest absolute Gasteiger partial charge is 0.496 e. The van der Waals surface area contributed by atoms with E-state index in [2.05, 4.69) is 0 Å². The maximum atomic E-state index is 12.8. The van der Waals surface area contributed by atoms with E-state index < -0.39 is 10.0 Å². The van der Waals surface area contributed by atoms with E-state index >= 15 is 0 Å². The van der Waals surface area contributed by atoms with Crippen molar-refractivity contribution in [2.24, 2.45) is 0 Å². The van der Waals surface area contributed by atoms with Crippen molar-refractivity contribution in [3.05, 3.63) is 53.6 Å². The zero-order valence-electron chi connectivity index (χ0n) is 19.6. The Hall–Kier alpha value is -3.04. The van der Waals surface area contributed by atoms with Gasteiger partial charge in [0.2, 0.25) is 15.9 Å². The first kappa shape index (κ1) is 24.6. The van der Waals surface area contributed by atoms with Crippen LogP contribution in [0.25, 0.3) is 5.57 Å². The number of carbonyl (C=O) groups excluding carboxylic acids is 1. The molecule has 9 heteroatoms. The van der Waals surface area contributed by atoms with Crippen molar-refractivity contribution in [1.82, 2.24) is 9.21 Å². The minimum Gasteiger partial charge on any atom is -0.496 e. The lowest BCUT2D eigenvalue weighted by Crippen LogP contribution is -2.42. The number of sulfonamides is 1. The van der Waals surface area contributed by atoms with Crippen molar-refractivity contribution in [3.8, 4) is 17.2 Å². The summed E-state index contributed by atoms with van der Waals surface area (Å²) in [6, 6.07) is 10.2. The summed E-state index contributed by atoms with van der Waals surface area (Å²) in [7, 11) is 2.43. The predicted octanol–water partition coefficient (Wildman–Crippen LogP) is 2.96. The third kappa shape index (κ3) is 5.31. The lowest BCUT2D eigenvalue weighted by atomic mass is 9.97. The molecule has 3 rings (SSSR count). The van der Waals surface area contributed by atoms with Gasteiger partial charge in [-0.15, -0.1) is 0 Å². The van der Waals surface area contributed by atoms with Gasteiger partial charge in [-0.05, 0) is 31.1 Å². The maximum absolute atomic E-state index is 12.8. The Morgan fingerprint density at radius 3 is 2.12 bits per heavy atom. The van der Waals surface area contributed by atoms with Gasteiger partial charge in [0, 0.05) is 32.3 Å². The number of methoxy groups -OCH3 is 3. The molecule has 0 atom stereocenters. The van der Waals surface area contributed by atoms with E-state index in [1.807, 2.05) is 13.0 Å². The molecule has 178 valence electrons. The number of benzene rings is 2. The van der Waals surface area contributed by atoms with Gasteiger partial charge >= 0.3 is 0 Å². The fourth-order valence-corrected chi connectivity index (χ4v) is 4.83. The Labute approximate surface area is 195 Å². The molecule has 2 aromatic carbocycles. The molecule has 33 heavy (non-hydrogen) atoms. The monoisotopic (exact) mass is 474 g/mol. The third-order valence-electron chi connectivity index (χ3n) is 5.69. The van der Waals surface area contributed by atoms with Crippen LogP contribution < -0.4 is 14.2 Å². The van der Waals surface area contributed by atoms with Crippen LogP contribution in [0.15, 0.2) is 47.4 Å². The highest BCUT2D eigenvalue weighted by molar-refractivity contribution is 7.89. The number of hydrogen-bond donors (Lipinski definition) is 0. The first-order valence-electron chi connectivity index (χ1n) is 10.5. The van der Waals surface area contributed by atoms with Gasteiger partial charge in [-0.2, -0.15) is 4.31 Å². The smallest absolute Gasteiger partial charge is 0.243 e. The topological polar surface area (TPSA) is 85.4 Å². The predicted molar refractivity (Wildman–Crippen MR) is 126 cm³/mol. The Morgan fingerprint density at radius 1 is 1.03 bits per heavy atom. The average Bonchev–Trinajstić information content (AvgIpc) is 2.83. The lowest BCUT2D eigenvalue weighted by molar-refractivity contribution is -0.130. The summed E-state index contributed by atoms with van der Waals surface area (Å²) < 4.78 is 43.1. The minimum atomic E-state index is -3.74. The van der Waals surface area contributed by atoms with E-state index in [1.54, 1.807) is 62.6 Å². The van der Waals surface area contributed by atoms with Crippen LogP contribution in [-0.4, -0.2) is 71.5 Å². The molecule has 1 amide bonds. The molecule has 0 fully saturated rings. The molecule has 0 saturated carbocycles. The molecule has 0 saturated heterocycles. The Balaban J connectivity index is 1.73. The number of ether oxygens (including phenoxy) is 3. The number of rotatable bonds is 8. The van der Waals surface area contributed by atoms with Crippen molar-refractivity contribution < 1.29 is 27.4 Å². The zero-order chi connectivity index (χ0) is 24.2. The fourth-order valence-electron chi connectivity index (χ4n) is 3.71. The van der Waals surface area contributed by atoms with Gasteiger partial charge in [-0.1, -0.05) is 23.8 Å². The van der Waals surface area contributed by atoms with Crippen molar-refractivity contribution in [3.63, 3.8) is 0 Å². The van der Waals surface area contributed by atoms with Gasteiger partial charge in [-0.25, -0.2) is 8.42 Å². The maximum Gasteiger partial charge on any atom is 0.243 e. The lowest BCUT2D eigenvalue weighted by Gasteiger charge is -2.29. The summed E-state index contributed by atoms with van der Waals surface area (Å²) in [5.74, 6) is 1.62. The van der Waals surface area contributed by atoms with Crippen LogP contribution in [-0.2, 0) is 14.8 Å². The SMILES string of the molecule is COc1cc(OC)c(C2=CCN(C(=O)CN(C)S(=O)(=O)c3ccc(C)cc3)CC2)c(OC)c1. The molecule has 0 unspecified atom stereocenters. The molecule has 2 aromatic rings. The standard InChI is InChI=1S/C24H30N2O6S/c1-17-6-8-20(9-7-17)33(28,29)25(2)16-23(27)26-12-10-18(11-13-26)24-21(31-4)14-19(30-3)15-22(24)32-5/h6-10,14-15H,11-13,16H2,1-5H3. The molecule has 1 heterocycles. The number of nitrogens with zero attached hydrogens (tertiary/aromatic N) is 2. The van der Waals surface area contributed by atoms with Crippen molar-refractivity contribution in [2.45, 2.75) is 18.2 Å². The van der Waals surface area contributed by atoms with Crippen LogP contribution >= 0.6 is 0 Å². The molecule has 0 aliphatic carbocycles. The van der Waals surface area contributed by atoms with Crippen LogP contribution in [0, 0.1) is 6.92 Å². The average molecular weight is 475 g/mol. The summed E-state index contributed by atoms with van der Waals surface area (Å²) in [5.41, 5.74) is 2.79. The first-order valence-corrected chi connectivity index (χ1v) is 12.0. The second-order valence-corrected chi connectivity index (χ2v) is 9.85. The van der Waals surface area contributed by atoms with Gasteiger partial charge in [0.15, 0.2) is 0 Å². The molecule has 1 aliphatic heterocycles. The summed E-state index contributed by atoms with van der Waals surface area (Å²) in [4.78, 5) is 14.7. The second-order valence-electron chi connectivity index (χ2n) is 7.80. The fraction of sp³-hybridized carbons (Fsp3) is 0.375.